The molecule has 0 N–H and O–H groups in total. The number of methoxy groups -OCH3 is 2. The third-order valence-electron chi connectivity index (χ3n) is 12.4. The number of benzene rings is 4. The van der Waals surface area contributed by atoms with Crippen molar-refractivity contribution in [3.05, 3.63) is 162 Å². The molecule has 0 amide bonds. The summed E-state index contributed by atoms with van der Waals surface area (Å²) in [5, 5.41) is 5.99. The van der Waals surface area contributed by atoms with E-state index in [9.17, 15) is 4.39 Å². The quantitative estimate of drug-likeness (QED) is 0.125. The van der Waals surface area contributed by atoms with Crippen LogP contribution in [-0.4, -0.2) is 65.7 Å². The fraction of sp³-hybridized carbons (Fsp3) is 0.308. The maximum atomic E-state index is 13.4. The van der Waals surface area contributed by atoms with Crippen LogP contribution < -0.4 is 24.6 Å². The summed E-state index contributed by atoms with van der Waals surface area (Å²) < 4.78 is 32.9. The van der Waals surface area contributed by atoms with E-state index in [1.807, 2.05) is 92.3 Å². The molecule has 2 aliphatic rings. The van der Waals surface area contributed by atoms with Gasteiger partial charge in [0.2, 0.25) is 0 Å². The summed E-state index contributed by atoms with van der Waals surface area (Å²) in [5.74, 6) is 2.34. The molecular weight excluding hydrogens is 847 g/mol. The normalized spacial score (nSPS) is 14.0. The monoisotopic (exact) mass is 906 g/mol. The van der Waals surface area contributed by atoms with Gasteiger partial charge >= 0.3 is 0 Å². The van der Waals surface area contributed by atoms with Gasteiger partial charge in [0.05, 0.1) is 96.4 Å². The summed E-state index contributed by atoms with van der Waals surface area (Å²) in [6.07, 6.45) is 15.6. The zero-order valence-electron chi connectivity index (χ0n) is 39.2. The summed E-state index contributed by atoms with van der Waals surface area (Å²) in [4.78, 5) is 18.2. The molecule has 6 heterocycles. The molecule has 3 unspecified atom stereocenters. The molecule has 66 heavy (non-hydrogen) atoms. The molecule has 0 aliphatic carbocycles. The first kappa shape index (κ1) is 45.8. The largest absolute Gasteiger partial charge is 0.494 e. The lowest BCUT2D eigenvalue weighted by Gasteiger charge is -2.34. The van der Waals surface area contributed by atoms with E-state index in [2.05, 4.69) is 101 Å². The molecule has 12 nitrogen and oxygen atoms in total. The van der Waals surface area contributed by atoms with Gasteiger partial charge in [-0.3, -0.25) is 0 Å². The van der Waals surface area contributed by atoms with Gasteiger partial charge in [-0.1, -0.05) is 50.2 Å². The summed E-state index contributed by atoms with van der Waals surface area (Å²) in [6.45, 7) is 14.3. The fourth-order valence-electron chi connectivity index (χ4n) is 8.98. The number of hydrogen-bond donors (Lipinski definition) is 0. The SMILES string of the molecule is CC.COc1cc(-n2cnc3c2CCCN3C(C)c2ccc(F)cc2)ccc1-n1cnc(C)c1.COc1cc(-n2ncc3c2CCCN3C(C)c2ccc(P)cc2)ccc1-n1cnc(C)c1. The third-order valence-corrected chi connectivity index (χ3v) is 12.8. The molecule has 342 valence electrons. The Morgan fingerprint density at radius 1 is 0.621 bits per heavy atom. The Morgan fingerprint density at radius 2 is 1.15 bits per heavy atom. The molecule has 8 aromatic rings. The molecule has 0 saturated heterocycles. The maximum Gasteiger partial charge on any atom is 0.150 e. The van der Waals surface area contributed by atoms with Crippen LogP contribution in [0.25, 0.3) is 22.7 Å². The van der Waals surface area contributed by atoms with Crippen LogP contribution in [0.15, 0.2) is 123 Å². The minimum absolute atomic E-state index is 0.111. The van der Waals surface area contributed by atoms with Crippen molar-refractivity contribution in [1.82, 2.24) is 38.4 Å². The fourth-order valence-corrected chi connectivity index (χ4v) is 9.17. The van der Waals surface area contributed by atoms with Gasteiger partial charge in [0.15, 0.2) is 5.82 Å². The number of halogens is 1. The third kappa shape index (κ3) is 9.35. The minimum atomic E-state index is -0.215. The van der Waals surface area contributed by atoms with Crippen LogP contribution in [0, 0.1) is 19.7 Å². The predicted molar refractivity (Wildman–Crippen MR) is 266 cm³/mol. The predicted octanol–water partition coefficient (Wildman–Crippen LogP) is 10.4. The van der Waals surface area contributed by atoms with E-state index in [0.29, 0.717) is 6.04 Å². The van der Waals surface area contributed by atoms with Gasteiger partial charge < -0.3 is 33.0 Å². The van der Waals surface area contributed by atoms with Crippen molar-refractivity contribution in [3.8, 4) is 34.2 Å². The highest BCUT2D eigenvalue weighted by Gasteiger charge is 2.29. The van der Waals surface area contributed by atoms with Gasteiger partial charge in [0.1, 0.15) is 23.6 Å². The Labute approximate surface area is 389 Å². The molecule has 0 spiro atoms. The van der Waals surface area contributed by atoms with Crippen molar-refractivity contribution in [2.24, 2.45) is 0 Å². The van der Waals surface area contributed by atoms with Crippen LogP contribution in [0.4, 0.5) is 15.9 Å². The van der Waals surface area contributed by atoms with Crippen molar-refractivity contribution < 1.29 is 13.9 Å². The van der Waals surface area contributed by atoms with E-state index in [1.54, 1.807) is 20.5 Å². The number of aromatic nitrogens is 8. The number of anilines is 2. The molecule has 14 heteroatoms. The van der Waals surface area contributed by atoms with Gasteiger partial charge in [-0.2, -0.15) is 5.10 Å². The van der Waals surface area contributed by atoms with E-state index >= 15 is 0 Å². The second-order valence-electron chi connectivity index (χ2n) is 16.5. The molecule has 0 bridgehead atoms. The first-order valence-electron chi connectivity index (χ1n) is 22.8. The zero-order valence-corrected chi connectivity index (χ0v) is 40.3. The van der Waals surface area contributed by atoms with Crippen molar-refractivity contribution in [2.45, 2.75) is 79.3 Å². The molecule has 0 radical (unpaired) electrons. The van der Waals surface area contributed by atoms with E-state index in [0.717, 1.165) is 95.8 Å². The van der Waals surface area contributed by atoms with Crippen LogP contribution in [0.1, 0.15) is 86.5 Å². The van der Waals surface area contributed by atoms with Crippen LogP contribution in [0.2, 0.25) is 0 Å². The Balaban J connectivity index is 0.000000173. The number of ether oxygens (including phenoxy) is 2. The molecule has 0 saturated carbocycles. The first-order chi connectivity index (χ1) is 32.1. The maximum absolute atomic E-state index is 13.4. The summed E-state index contributed by atoms with van der Waals surface area (Å²) in [6, 6.07) is 28.3. The highest BCUT2D eigenvalue weighted by Crippen LogP contribution is 2.38. The first-order valence-corrected chi connectivity index (χ1v) is 23.3. The highest BCUT2D eigenvalue weighted by molar-refractivity contribution is 7.27. The van der Waals surface area contributed by atoms with Crippen molar-refractivity contribution in [2.75, 3.05) is 37.1 Å². The molecule has 4 aromatic carbocycles. The summed E-state index contributed by atoms with van der Waals surface area (Å²) in [7, 11) is 6.14. The van der Waals surface area contributed by atoms with Gasteiger partial charge in [-0.15, -0.1) is 9.24 Å². The summed E-state index contributed by atoms with van der Waals surface area (Å²) >= 11 is 0. The van der Waals surface area contributed by atoms with E-state index in [1.165, 1.54) is 40.1 Å². The average molecular weight is 907 g/mol. The molecule has 4 aromatic heterocycles. The van der Waals surface area contributed by atoms with Crippen molar-refractivity contribution in [1.29, 1.82) is 0 Å². The van der Waals surface area contributed by atoms with E-state index < -0.39 is 0 Å². The lowest BCUT2D eigenvalue weighted by Crippen LogP contribution is -2.32. The van der Waals surface area contributed by atoms with Crippen LogP contribution in [0.3, 0.4) is 0 Å². The highest BCUT2D eigenvalue weighted by atomic mass is 31.0. The standard InChI is InChI=1S/C25H26FN5O.C25H28N5OP.C2H6/c1-17-14-29(15-27-17)22-11-10-21(13-24(22)32-3)31-16-28-25-23(31)5-4-12-30(25)18(2)19-6-8-20(26)9-7-19;1-17-15-28(16-26-17)23-11-8-20(13-25(23)31-3)30-22-5-4-12-29(24(22)14-27-30)18(2)19-6-9-21(32)10-7-19;1-2/h6-11,13-16,18H,4-5,12H2,1-3H3;6-11,13-16,18H,4-5,12,32H2,1-3H3;1-2H3. The number of imidazole rings is 3. The number of hydrogen-bond acceptors (Lipinski definition) is 8. The van der Waals surface area contributed by atoms with Gasteiger partial charge in [-0.05, 0) is 106 Å². The van der Waals surface area contributed by atoms with Gasteiger partial charge in [0, 0.05) is 37.6 Å². The van der Waals surface area contributed by atoms with E-state index in [-0.39, 0.29) is 11.9 Å². The molecule has 3 atom stereocenters. The molecule has 0 fully saturated rings. The average Bonchev–Trinajstić information content (AvgIpc) is 4.19. The van der Waals surface area contributed by atoms with Crippen molar-refractivity contribution >= 4 is 26.0 Å². The van der Waals surface area contributed by atoms with Crippen molar-refractivity contribution in [3.63, 3.8) is 0 Å². The topological polar surface area (TPSA) is 96.2 Å². The van der Waals surface area contributed by atoms with Crippen LogP contribution in [0.5, 0.6) is 11.5 Å². The number of nitrogens with zero attached hydrogens (tertiary/aromatic N) is 10. The second kappa shape index (κ2) is 20.2. The number of fused-ring (bicyclic) bond motifs is 2. The number of rotatable bonds is 10. The molecule has 10 rings (SSSR count). The number of aryl methyl sites for hydroxylation is 2. The lowest BCUT2D eigenvalue weighted by atomic mass is 10.0. The minimum Gasteiger partial charge on any atom is -0.494 e. The Hall–Kier alpha value is -6.72. The smallest absolute Gasteiger partial charge is 0.150 e. The molecule has 2 aliphatic heterocycles. The van der Waals surface area contributed by atoms with Gasteiger partial charge in [-0.25, -0.2) is 24.0 Å². The van der Waals surface area contributed by atoms with Crippen LogP contribution in [-0.2, 0) is 12.8 Å². The molecular formula is C52H60FN10O2P. The Kier molecular flexibility index (Phi) is 14.0. The zero-order chi connectivity index (χ0) is 46.5. The lowest BCUT2D eigenvalue weighted by molar-refractivity contribution is 0.412. The van der Waals surface area contributed by atoms with E-state index in [4.69, 9.17) is 19.6 Å². The Morgan fingerprint density at radius 3 is 1.73 bits per heavy atom. The Bertz CT molecular complexity index is 2690. The summed E-state index contributed by atoms with van der Waals surface area (Å²) in [5.41, 5.74) is 11.9. The second-order valence-corrected chi connectivity index (χ2v) is 17.2. The van der Waals surface area contributed by atoms with Gasteiger partial charge in [0.25, 0.3) is 0 Å². The van der Waals surface area contributed by atoms with Crippen LogP contribution >= 0.6 is 9.24 Å².